The van der Waals surface area contributed by atoms with Gasteiger partial charge in [-0.15, -0.1) is 0 Å². The summed E-state index contributed by atoms with van der Waals surface area (Å²) < 4.78 is 11.0. The van der Waals surface area contributed by atoms with E-state index in [-0.39, 0.29) is 6.10 Å². The Hall–Kier alpha value is -1.26. The highest BCUT2D eigenvalue weighted by molar-refractivity contribution is 5.50. The normalized spacial score (nSPS) is 31.8. The molecule has 4 rings (SSSR count). The van der Waals surface area contributed by atoms with Gasteiger partial charge in [-0.1, -0.05) is 6.92 Å². The molecule has 3 aliphatic heterocycles. The maximum absolute atomic E-state index is 10.3. The molecule has 20 heavy (non-hydrogen) atoms. The lowest BCUT2D eigenvalue weighted by Crippen LogP contribution is -2.47. The lowest BCUT2D eigenvalue weighted by Gasteiger charge is -2.45. The van der Waals surface area contributed by atoms with Crippen LogP contribution in [0.3, 0.4) is 0 Å². The highest BCUT2D eigenvalue weighted by Crippen LogP contribution is 2.44. The van der Waals surface area contributed by atoms with Crippen LogP contribution in [0.25, 0.3) is 0 Å². The number of aliphatic hydroxyl groups excluding tert-OH is 1. The molecule has 0 amide bonds. The molecule has 1 saturated heterocycles. The van der Waals surface area contributed by atoms with Crippen molar-refractivity contribution in [1.29, 1.82) is 0 Å². The van der Waals surface area contributed by atoms with Gasteiger partial charge in [0.05, 0.1) is 6.10 Å². The van der Waals surface area contributed by atoms with Gasteiger partial charge in [0, 0.05) is 19.1 Å². The fourth-order valence-electron chi connectivity index (χ4n) is 3.88. The second kappa shape index (κ2) is 4.64. The topological polar surface area (TPSA) is 41.9 Å². The van der Waals surface area contributed by atoms with Crippen molar-refractivity contribution in [3.63, 3.8) is 0 Å². The number of ether oxygens (including phenoxy) is 2. The highest BCUT2D eigenvalue weighted by Gasteiger charge is 2.38. The first-order valence-electron chi connectivity index (χ1n) is 7.60. The van der Waals surface area contributed by atoms with Crippen LogP contribution < -0.4 is 9.47 Å². The summed E-state index contributed by atoms with van der Waals surface area (Å²) in [7, 11) is 0. The Bertz CT molecular complexity index is 531. The molecular formula is C16H21NO3. The quantitative estimate of drug-likeness (QED) is 0.852. The van der Waals surface area contributed by atoms with Gasteiger partial charge in [0.2, 0.25) is 6.79 Å². The van der Waals surface area contributed by atoms with Gasteiger partial charge in [0.25, 0.3) is 0 Å². The van der Waals surface area contributed by atoms with Gasteiger partial charge >= 0.3 is 0 Å². The van der Waals surface area contributed by atoms with E-state index in [0.717, 1.165) is 43.9 Å². The van der Waals surface area contributed by atoms with E-state index < -0.39 is 0 Å². The second-order valence-electron chi connectivity index (χ2n) is 6.14. The van der Waals surface area contributed by atoms with Crippen LogP contribution in [0.2, 0.25) is 0 Å². The van der Waals surface area contributed by atoms with Crippen molar-refractivity contribution >= 4 is 0 Å². The largest absolute Gasteiger partial charge is 0.454 e. The third-order valence-corrected chi connectivity index (χ3v) is 5.10. The van der Waals surface area contributed by atoms with Crippen molar-refractivity contribution in [2.24, 2.45) is 5.92 Å². The molecule has 4 nitrogen and oxygen atoms in total. The molecular weight excluding hydrogens is 254 g/mol. The van der Waals surface area contributed by atoms with Gasteiger partial charge in [0.15, 0.2) is 11.5 Å². The van der Waals surface area contributed by atoms with Crippen LogP contribution in [0.1, 0.15) is 36.9 Å². The Kier molecular flexibility index (Phi) is 2.89. The first-order chi connectivity index (χ1) is 9.76. The molecule has 0 spiro atoms. The third kappa shape index (κ3) is 1.82. The zero-order valence-corrected chi connectivity index (χ0v) is 11.8. The van der Waals surface area contributed by atoms with Gasteiger partial charge in [-0.3, -0.25) is 4.90 Å². The summed E-state index contributed by atoms with van der Waals surface area (Å²) in [6.45, 7) is 4.59. The Balaban J connectivity index is 1.69. The van der Waals surface area contributed by atoms with E-state index in [0.29, 0.717) is 18.8 Å². The average molecular weight is 275 g/mol. The Morgan fingerprint density at radius 1 is 1.30 bits per heavy atom. The van der Waals surface area contributed by atoms with Gasteiger partial charge in [-0.05, 0) is 48.4 Å². The van der Waals surface area contributed by atoms with Gasteiger partial charge in [0.1, 0.15) is 0 Å². The molecule has 3 unspecified atom stereocenters. The molecule has 3 atom stereocenters. The number of fused-ring (bicyclic) bond motifs is 4. The smallest absolute Gasteiger partial charge is 0.231 e. The SMILES string of the molecule is CCC1CN2CCc3cc4c(cc3C2CC1O)OCO4. The predicted molar refractivity (Wildman–Crippen MR) is 75.0 cm³/mol. The Morgan fingerprint density at radius 3 is 2.90 bits per heavy atom. The molecule has 1 aromatic carbocycles. The zero-order valence-electron chi connectivity index (χ0n) is 11.8. The zero-order chi connectivity index (χ0) is 13.7. The number of benzene rings is 1. The number of hydrogen-bond donors (Lipinski definition) is 1. The van der Waals surface area contributed by atoms with Crippen LogP contribution in [0, 0.1) is 5.92 Å². The molecule has 4 heteroatoms. The molecule has 0 aromatic heterocycles. The summed E-state index contributed by atoms with van der Waals surface area (Å²) in [6.07, 6.45) is 2.77. The molecule has 3 heterocycles. The molecule has 0 bridgehead atoms. The molecule has 3 aliphatic rings. The minimum Gasteiger partial charge on any atom is -0.454 e. The van der Waals surface area contributed by atoms with Crippen LogP contribution >= 0.6 is 0 Å². The first kappa shape index (κ1) is 12.5. The van der Waals surface area contributed by atoms with Crippen molar-refractivity contribution in [1.82, 2.24) is 4.90 Å². The van der Waals surface area contributed by atoms with Crippen LogP contribution in [-0.4, -0.2) is 36.0 Å². The number of rotatable bonds is 1. The van der Waals surface area contributed by atoms with Crippen LogP contribution in [0.4, 0.5) is 0 Å². The lowest BCUT2D eigenvalue weighted by atomic mass is 9.81. The minimum absolute atomic E-state index is 0.183. The Labute approximate surface area is 119 Å². The van der Waals surface area contributed by atoms with Crippen LogP contribution in [-0.2, 0) is 6.42 Å². The second-order valence-corrected chi connectivity index (χ2v) is 6.14. The van der Waals surface area contributed by atoms with Gasteiger partial charge < -0.3 is 14.6 Å². The highest BCUT2D eigenvalue weighted by atomic mass is 16.7. The lowest BCUT2D eigenvalue weighted by molar-refractivity contribution is -0.0131. The maximum atomic E-state index is 10.3. The fraction of sp³-hybridized carbons (Fsp3) is 0.625. The summed E-state index contributed by atoms with van der Waals surface area (Å²) in [5, 5.41) is 10.3. The van der Waals surface area contributed by atoms with Crippen molar-refractivity contribution in [2.75, 3.05) is 19.9 Å². The van der Waals surface area contributed by atoms with Crippen molar-refractivity contribution in [3.05, 3.63) is 23.3 Å². The average Bonchev–Trinajstić information content (AvgIpc) is 2.91. The van der Waals surface area contributed by atoms with E-state index in [2.05, 4.69) is 24.0 Å². The minimum atomic E-state index is -0.183. The van der Waals surface area contributed by atoms with E-state index in [9.17, 15) is 5.11 Å². The molecule has 1 aromatic rings. The number of aliphatic hydroxyl groups is 1. The molecule has 1 fully saturated rings. The third-order valence-electron chi connectivity index (χ3n) is 5.10. The van der Waals surface area contributed by atoms with Crippen molar-refractivity contribution < 1.29 is 14.6 Å². The van der Waals surface area contributed by atoms with E-state index >= 15 is 0 Å². The molecule has 1 N–H and O–H groups in total. The molecule has 108 valence electrons. The maximum Gasteiger partial charge on any atom is 0.231 e. The summed E-state index contributed by atoms with van der Waals surface area (Å²) in [4.78, 5) is 2.53. The summed E-state index contributed by atoms with van der Waals surface area (Å²) in [6, 6.07) is 4.60. The van der Waals surface area contributed by atoms with Gasteiger partial charge in [-0.25, -0.2) is 0 Å². The molecule has 0 radical (unpaired) electrons. The summed E-state index contributed by atoms with van der Waals surface area (Å²) in [5.74, 6) is 2.15. The molecule has 0 aliphatic carbocycles. The monoisotopic (exact) mass is 275 g/mol. The first-order valence-corrected chi connectivity index (χ1v) is 7.60. The van der Waals surface area contributed by atoms with Crippen molar-refractivity contribution in [2.45, 2.75) is 38.3 Å². The van der Waals surface area contributed by atoms with Crippen LogP contribution in [0.15, 0.2) is 12.1 Å². The number of hydrogen-bond acceptors (Lipinski definition) is 4. The predicted octanol–water partition coefficient (Wildman–Crippen LogP) is 2.11. The Morgan fingerprint density at radius 2 is 2.10 bits per heavy atom. The number of nitrogens with zero attached hydrogens (tertiary/aromatic N) is 1. The van der Waals surface area contributed by atoms with E-state index in [1.54, 1.807) is 0 Å². The van der Waals surface area contributed by atoms with Crippen molar-refractivity contribution in [3.8, 4) is 11.5 Å². The summed E-state index contributed by atoms with van der Waals surface area (Å²) in [5.41, 5.74) is 2.69. The van der Waals surface area contributed by atoms with E-state index in [4.69, 9.17) is 9.47 Å². The number of piperidine rings is 1. The molecule has 0 saturated carbocycles. The van der Waals surface area contributed by atoms with Gasteiger partial charge in [-0.2, -0.15) is 0 Å². The summed E-state index contributed by atoms with van der Waals surface area (Å²) >= 11 is 0. The van der Waals surface area contributed by atoms with E-state index in [1.807, 2.05) is 0 Å². The van der Waals surface area contributed by atoms with E-state index in [1.165, 1.54) is 11.1 Å². The fourth-order valence-corrected chi connectivity index (χ4v) is 3.88. The van der Waals surface area contributed by atoms with Crippen LogP contribution in [0.5, 0.6) is 11.5 Å². The standard InChI is InChI=1S/C16H21NO3/c1-2-10-8-17-4-3-11-5-15-16(20-9-19-15)6-12(11)13(17)7-14(10)18/h5-6,10,13-14,18H,2-4,7-9H2,1H3.